The normalized spacial score (nSPS) is 21.8. The molecule has 0 N–H and O–H groups in total. The summed E-state index contributed by atoms with van der Waals surface area (Å²) in [5.74, 6) is -3.29. The summed E-state index contributed by atoms with van der Waals surface area (Å²) in [7, 11) is 1.20. The van der Waals surface area contributed by atoms with E-state index in [1.807, 2.05) is 0 Å². The molecular formula is C34H31F10N3O5. The van der Waals surface area contributed by atoms with Gasteiger partial charge in [-0.25, -0.2) is 9.18 Å². The zero-order valence-electron chi connectivity index (χ0n) is 27.5. The first-order valence-electron chi connectivity index (χ1n) is 15.9. The number of carbonyl (C=O) groups excluding carboxylic acids is 2. The second-order valence-corrected chi connectivity index (χ2v) is 12.8. The second kappa shape index (κ2) is 14.4. The fourth-order valence-corrected chi connectivity index (χ4v) is 6.91. The average molecular weight is 752 g/mol. The number of hydrogen-bond donors (Lipinski definition) is 0. The van der Waals surface area contributed by atoms with Crippen LogP contribution >= 0.6 is 0 Å². The molecular weight excluding hydrogens is 720 g/mol. The van der Waals surface area contributed by atoms with Crippen molar-refractivity contribution in [2.24, 2.45) is 11.1 Å². The number of ether oxygens (including phenoxy) is 2. The van der Waals surface area contributed by atoms with Gasteiger partial charge in [-0.2, -0.15) is 44.4 Å². The monoisotopic (exact) mass is 751 g/mol. The maximum atomic E-state index is 15.5. The zero-order valence-corrected chi connectivity index (χ0v) is 27.5. The first kappa shape index (κ1) is 38.6. The maximum Gasteiger partial charge on any atom is 0.416 e. The lowest BCUT2D eigenvalue weighted by molar-refractivity contribution is -0.137. The van der Waals surface area contributed by atoms with Gasteiger partial charge in [-0.15, -0.1) is 0 Å². The van der Waals surface area contributed by atoms with Crippen molar-refractivity contribution in [3.8, 4) is 16.9 Å². The molecule has 3 atom stereocenters. The van der Waals surface area contributed by atoms with Gasteiger partial charge in [0.05, 0.1) is 30.8 Å². The van der Waals surface area contributed by atoms with Crippen LogP contribution in [0.1, 0.15) is 48.8 Å². The van der Waals surface area contributed by atoms with Gasteiger partial charge in [-0.1, -0.05) is 17.3 Å². The van der Waals surface area contributed by atoms with E-state index in [0.29, 0.717) is 6.08 Å². The van der Waals surface area contributed by atoms with Crippen LogP contribution in [0.5, 0.6) is 5.75 Å². The molecule has 0 aromatic heterocycles. The Morgan fingerprint density at radius 3 is 2.21 bits per heavy atom. The number of cyclic esters (lactones) is 1. The van der Waals surface area contributed by atoms with E-state index < -0.39 is 96.5 Å². The van der Waals surface area contributed by atoms with Crippen molar-refractivity contribution in [3.05, 3.63) is 81.0 Å². The number of carbonyl (C=O) groups is 2. The predicted octanol–water partition coefficient (Wildman–Crippen LogP) is 8.70. The standard InChI is InChI=1S/C34H31F10N3O5/c1-17-30(19-9-22(33(39,40)41)12-23(10-19)34(42,43)44)52-31(49)47(17)16-20-11-21(32(36,37)38)3-4-24(20)26-13-25(27(35)14-28(26)51-2)18-5-7-46(8-6-18)29(48)15-45-50/h3-4,9,11-14,17-19,30H,5-8,10,15-16H2,1-2H3/t17-,19?,30-/m0/s1. The molecule has 18 heteroatoms. The van der Waals surface area contributed by atoms with E-state index in [-0.39, 0.29) is 60.0 Å². The summed E-state index contributed by atoms with van der Waals surface area (Å²) in [6.45, 7) is 0.491. The van der Waals surface area contributed by atoms with Crippen LogP contribution in [0.4, 0.5) is 48.7 Å². The SMILES string of the molecule is COc1cc(F)c(C2CCN(C(=O)CN=O)CC2)cc1-c1ccc(C(F)(F)F)cc1CN1C(=O)O[C@H](C2C=C(C(F)(F)F)C=C(C(F)(F)F)C2)[C@@H]1C. The molecule has 2 saturated heterocycles. The van der Waals surface area contributed by atoms with Gasteiger partial charge < -0.3 is 14.4 Å². The number of allylic oxidation sites excluding steroid dienone is 3. The molecule has 3 aliphatic rings. The van der Waals surface area contributed by atoms with E-state index in [9.17, 15) is 54.0 Å². The van der Waals surface area contributed by atoms with Crippen molar-refractivity contribution >= 4 is 12.0 Å². The van der Waals surface area contributed by atoms with Crippen molar-refractivity contribution in [1.82, 2.24) is 9.80 Å². The smallest absolute Gasteiger partial charge is 0.416 e. The predicted molar refractivity (Wildman–Crippen MR) is 164 cm³/mol. The molecule has 2 aromatic carbocycles. The number of nitrogens with zero attached hydrogens (tertiary/aromatic N) is 3. The molecule has 2 aromatic rings. The lowest BCUT2D eigenvalue weighted by atomic mass is 9.83. The molecule has 1 aliphatic carbocycles. The Bertz CT molecular complexity index is 1780. The van der Waals surface area contributed by atoms with Crippen LogP contribution in [0, 0.1) is 16.6 Å². The van der Waals surface area contributed by atoms with Crippen LogP contribution < -0.4 is 4.74 Å². The highest BCUT2D eigenvalue weighted by Crippen LogP contribution is 2.45. The Labute approximate surface area is 290 Å². The van der Waals surface area contributed by atoms with E-state index in [1.165, 1.54) is 25.0 Å². The number of piperidine rings is 1. The lowest BCUT2D eigenvalue weighted by Crippen LogP contribution is -2.39. The van der Waals surface area contributed by atoms with Gasteiger partial charge in [-0.3, -0.25) is 9.69 Å². The fraction of sp³-hybridized carbons (Fsp3) is 0.471. The summed E-state index contributed by atoms with van der Waals surface area (Å²) in [6, 6.07) is 3.82. The molecule has 0 saturated carbocycles. The second-order valence-electron chi connectivity index (χ2n) is 12.8. The van der Waals surface area contributed by atoms with Crippen LogP contribution in [0.2, 0.25) is 0 Å². The molecule has 0 spiro atoms. The molecule has 282 valence electrons. The summed E-state index contributed by atoms with van der Waals surface area (Å²) in [5.41, 5.74) is -3.98. The summed E-state index contributed by atoms with van der Waals surface area (Å²) >= 11 is 0. The van der Waals surface area contributed by atoms with Gasteiger partial charge in [0.2, 0.25) is 5.91 Å². The van der Waals surface area contributed by atoms with Gasteiger partial charge in [0.15, 0.2) is 6.54 Å². The van der Waals surface area contributed by atoms with Crippen molar-refractivity contribution in [1.29, 1.82) is 0 Å². The van der Waals surface area contributed by atoms with Crippen molar-refractivity contribution in [2.75, 3.05) is 26.7 Å². The van der Waals surface area contributed by atoms with E-state index >= 15 is 4.39 Å². The number of hydrogen-bond acceptors (Lipinski definition) is 6. The van der Waals surface area contributed by atoms with Crippen molar-refractivity contribution in [3.63, 3.8) is 0 Å². The lowest BCUT2D eigenvalue weighted by Gasteiger charge is -2.32. The molecule has 8 nitrogen and oxygen atoms in total. The third-order valence-electron chi connectivity index (χ3n) is 9.60. The first-order valence-corrected chi connectivity index (χ1v) is 15.9. The Hall–Kier alpha value is -4.64. The number of nitroso groups, excluding NO2 is 1. The third kappa shape index (κ3) is 8.04. The van der Waals surface area contributed by atoms with Gasteiger partial charge in [0.25, 0.3) is 0 Å². The molecule has 2 fully saturated rings. The zero-order chi connectivity index (χ0) is 38.3. The van der Waals surface area contributed by atoms with Gasteiger partial charge in [0, 0.05) is 36.2 Å². The van der Waals surface area contributed by atoms with Crippen LogP contribution in [0.15, 0.2) is 58.8 Å². The van der Waals surface area contributed by atoms with Gasteiger partial charge in [0.1, 0.15) is 17.7 Å². The maximum absolute atomic E-state index is 15.5. The highest BCUT2D eigenvalue weighted by molar-refractivity contribution is 5.79. The average Bonchev–Trinajstić information content (AvgIpc) is 3.35. The van der Waals surface area contributed by atoms with Crippen LogP contribution in [-0.2, 0) is 22.3 Å². The number of halogens is 10. The number of methoxy groups -OCH3 is 1. The quantitative estimate of drug-likeness (QED) is 0.199. The first-order chi connectivity index (χ1) is 24.2. The molecule has 2 amide bonds. The Morgan fingerprint density at radius 2 is 1.63 bits per heavy atom. The van der Waals surface area contributed by atoms with Crippen LogP contribution in [-0.4, -0.2) is 73.0 Å². The topological polar surface area (TPSA) is 88.5 Å². The minimum Gasteiger partial charge on any atom is -0.496 e. The molecule has 0 bridgehead atoms. The van der Waals surface area contributed by atoms with Crippen molar-refractivity contribution in [2.45, 2.75) is 69.3 Å². The number of likely N-dealkylation sites (tertiary alicyclic amines) is 1. The molecule has 1 unspecified atom stereocenters. The number of rotatable bonds is 8. The highest BCUT2D eigenvalue weighted by atomic mass is 19.4. The molecule has 2 aliphatic heterocycles. The Kier molecular flexibility index (Phi) is 10.7. The van der Waals surface area contributed by atoms with E-state index in [0.717, 1.165) is 29.2 Å². The number of amides is 2. The Morgan fingerprint density at radius 1 is 0.962 bits per heavy atom. The van der Waals surface area contributed by atoms with Crippen molar-refractivity contribution < 1.29 is 63.0 Å². The largest absolute Gasteiger partial charge is 0.496 e. The minimum absolute atomic E-state index is 0.0109. The molecule has 0 radical (unpaired) electrons. The number of benzene rings is 2. The summed E-state index contributed by atoms with van der Waals surface area (Å²) in [4.78, 5) is 38.1. The summed E-state index contributed by atoms with van der Waals surface area (Å²) in [5, 5.41) is 2.59. The molecule has 52 heavy (non-hydrogen) atoms. The van der Waals surface area contributed by atoms with E-state index in [1.54, 1.807) is 0 Å². The highest BCUT2D eigenvalue weighted by Gasteiger charge is 2.48. The summed E-state index contributed by atoms with van der Waals surface area (Å²) in [6.07, 6.45) is -17.7. The van der Waals surface area contributed by atoms with Crippen LogP contribution in [0.3, 0.4) is 0 Å². The van der Waals surface area contributed by atoms with Gasteiger partial charge >= 0.3 is 24.6 Å². The van der Waals surface area contributed by atoms with E-state index in [2.05, 4.69) is 5.18 Å². The third-order valence-corrected chi connectivity index (χ3v) is 9.60. The van der Waals surface area contributed by atoms with E-state index in [4.69, 9.17) is 9.47 Å². The Balaban J connectivity index is 1.50. The summed E-state index contributed by atoms with van der Waals surface area (Å²) < 4.78 is 150. The van der Waals surface area contributed by atoms with Crippen LogP contribution in [0.25, 0.3) is 11.1 Å². The molecule has 2 heterocycles. The number of alkyl halides is 9. The molecule has 5 rings (SSSR count). The fourth-order valence-electron chi connectivity index (χ4n) is 6.91. The van der Waals surface area contributed by atoms with Gasteiger partial charge in [-0.05, 0) is 73.1 Å². The minimum atomic E-state index is -5.15.